The van der Waals surface area contributed by atoms with Crippen LogP contribution >= 0.6 is 0 Å². The van der Waals surface area contributed by atoms with E-state index in [-0.39, 0.29) is 0 Å². The smallest absolute Gasteiger partial charge is 0.150 e. The zero-order valence-electron chi connectivity index (χ0n) is 5.91. The second kappa shape index (κ2) is 7.49. The Morgan fingerprint density at radius 3 is 2.56 bits per heavy atom. The molecule has 1 heteroatoms. The summed E-state index contributed by atoms with van der Waals surface area (Å²) in [7, 11) is 0. The van der Waals surface area contributed by atoms with Crippen molar-refractivity contribution in [2.75, 3.05) is 6.67 Å². The largest absolute Gasteiger partial charge is 0.237 e. The quantitative estimate of drug-likeness (QED) is 0.404. The van der Waals surface area contributed by atoms with Crippen LogP contribution in [0.5, 0.6) is 0 Å². The third kappa shape index (κ3) is 7.49. The zero-order valence-corrected chi connectivity index (χ0v) is 5.91. The molecule has 0 unspecified atom stereocenters. The van der Waals surface area contributed by atoms with E-state index in [0.29, 0.717) is 0 Å². The lowest BCUT2D eigenvalue weighted by Gasteiger charge is -1.87. The molecule has 0 N–H and O–H groups in total. The molecule has 0 saturated carbocycles. The predicted molar refractivity (Wildman–Crippen MR) is 37.9 cm³/mol. The molecular weight excluding hydrogens is 115 g/mol. The van der Waals surface area contributed by atoms with Crippen LogP contribution in [0.25, 0.3) is 0 Å². The van der Waals surface area contributed by atoms with Gasteiger partial charge in [-0.1, -0.05) is 25.7 Å². The van der Waals surface area contributed by atoms with E-state index in [1.54, 1.807) is 0 Å². The molecule has 0 saturated heterocycles. The Morgan fingerprint density at radius 2 is 2.00 bits per heavy atom. The molecule has 0 rings (SSSR count). The molecule has 0 heterocycles. The molecule has 52 valence electrons. The molecular formula is C8H13F. The lowest BCUT2D eigenvalue weighted by Crippen LogP contribution is -1.71. The number of rotatable bonds is 3. The van der Waals surface area contributed by atoms with Gasteiger partial charge in [0.15, 0.2) is 0 Å². The highest BCUT2D eigenvalue weighted by Crippen LogP contribution is 1.96. The van der Waals surface area contributed by atoms with Gasteiger partial charge in [0.1, 0.15) is 6.67 Å². The molecule has 0 amide bonds. The first-order chi connectivity index (χ1) is 4.41. The van der Waals surface area contributed by atoms with Crippen LogP contribution in [-0.4, -0.2) is 6.67 Å². The number of hydrogen-bond acceptors (Lipinski definition) is 0. The van der Waals surface area contributed by atoms with E-state index in [2.05, 4.69) is 18.8 Å². The third-order valence-electron chi connectivity index (χ3n) is 1.10. The van der Waals surface area contributed by atoms with Crippen molar-refractivity contribution in [3.05, 3.63) is 0 Å². The van der Waals surface area contributed by atoms with Crippen LogP contribution < -0.4 is 0 Å². The maximum atomic E-state index is 11.3. The van der Waals surface area contributed by atoms with Crippen LogP contribution in [0, 0.1) is 11.8 Å². The van der Waals surface area contributed by atoms with Crippen LogP contribution in [0.4, 0.5) is 4.39 Å². The van der Waals surface area contributed by atoms with E-state index in [4.69, 9.17) is 0 Å². The molecule has 0 aromatic rings. The summed E-state index contributed by atoms with van der Waals surface area (Å²) in [6, 6.07) is 0. The molecule has 0 aliphatic heterocycles. The van der Waals surface area contributed by atoms with Crippen molar-refractivity contribution < 1.29 is 4.39 Å². The standard InChI is InChI=1S/C8H13F/c1-2-3-4-5-6-7-8-9/h2-5,8H2,1H3. The summed E-state index contributed by atoms with van der Waals surface area (Å²) in [5.74, 6) is 5.14. The molecule has 0 aromatic carbocycles. The number of alkyl halides is 1. The van der Waals surface area contributed by atoms with Gasteiger partial charge in [0.2, 0.25) is 0 Å². The first-order valence-corrected chi connectivity index (χ1v) is 3.43. The van der Waals surface area contributed by atoms with Gasteiger partial charge >= 0.3 is 0 Å². The monoisotopic (exact) mass is 128 g/mol. The third-order valence-corrected chi connectivity index (χ3v) is 1.10. The molecule has 0 aliphatic carbocycles. The minimum Gasteiger partial charge on any atom is -0.237 e. The molecule has 0 spiro atoms. The Morgan fingerprint density at radius 1 is 1.22 bits per heavy atom. The lowest BCUT2D eigenvalue weighted by atomic mass is 10.2. The Kier molecular flexibility index (Phi) is 7.07. The highest BCUT2D eigenvalue weighted by atomic mass is 19.1. The van der Waals surface area contributed by atoms with Crippen molar-refractivity contribution in [3.8, 4) is 11.8 Å². The van der Waals surface area contributed by atoms with E-state index in [1.165, 1.54) is 12.8 Å². The average molecular weight is 128 g/mol. The van der Waals surface area contributed by atoms with Crippen LogP contribution in [0.15, 0.2) is 0 Å². The fraction of sp³-hybridized carbons (Fsp3) is 0.750. The van der Waals surface area contributed by atoms with Crippen molar-refractivity contribution in [2.45, 2.75) is 32.6 Å². The van der Waals surface area contributed by atoms with Crippen LogP contribution in [-0.2, 0) is 0 Å². The lowest BCUT2D eigenvalue weighted by molar-refractivity contribution is 0.572. The molecule has 0 nitrogen and oxygen atoms in total. The van der Waals surface area contributed by atoms with Gasteiger partial charge < -0.3 is 0 Å². The van der Waals surface area contributed by atoms with Gasteiger partial charge in [-0.3, -0.25) is 0 Å². The molecule has 0 bridgehead atoms. The Balaban J connectivity index is 2.90. The SMILES string of the molecule is CCCCCC#CCF. The Labute approximate surface area is 56.5 Å². The fourth-order valence-electron chi connectivity index (χ4n) is 0.599. The first kappa shape index (κ1) is 8.49. The van der Waals surface area contributed by atoms with Crippen LogP contribution in [0.2, 0.25) is 0 Å². The van der Waals surface area contributed by atoms with Crippen molar-refractivity contribution in [2.24, 2.45) is 0 Å². The topological polar surface area (TPSA) is 0 Å². The molecule has 0 fully saturated rings. The summed E-state index contributed by atoms with van der Waals surface area (Å²) in [4.78, 5) is 0. The summed E-state index contributed by atoms with van der Waals surface area (Å²) in [6.45, 7) is 1.65. The summed E-state index contributed by atoms with van der Waals surface area (Å²) in [5, 5.41) is 0. The van der Waals surface area contributed by atoms with Gasteiger partial charge in [-0.2, -0.15) is 0 Å². The van der Waals surface area contributed by atoms with Gasteiger partial charge in [0.25, 0.3) is 0 Å². The summed E-state index contributed by atoms with van der Waals surface area (Å²) < 4.78 is 11.3. The van der Waals surface area contributed by atoms with Gasteiger partial charge in [-0.05, 0) is 6.42 Å². The van der Waals surface area contributed by atoms with E-state index < -0.39 is 6.67 Å². The number of halogens is 1. The van der Waals surface area contributed by atoms with E-state index in [1.807, 2.05) is 0 Å². The Bertz CT molecular complexity index is 96.9. The van der Waals surface area contributed by atoms with Crippen molar-refractivity contribution in [1.82, 2.24) is 0 Å². The summed E-state index contributed by atoms with van der Waals surface area (Å²) >= 11 is 0. The van der Waals surface area contributed by atoms with Gasteiger partial charge in [0, 0.05) is 6.42 Å². The molecule has 0 aromatic heterocycles. The highest BCUT2D eigenvalue weighted by molar-refractivity contribution is 4.98. The average Bonchev–Trinajstić information content (AvgIpc) is 1.89. The van der Waals surface area contributed by atoms with Crippen LogP contribution in [0.3, 0.4) is 0 Å². The molecule has 0 aliphatic rings. The first-order valence-electron chi connectivity index (χ1n) is 3.43. The van der Waals surface area contributed by atoms with Gasteiger partial charge in [0.05, 0.1) is 0 Å². The van der Waals surface area contributed by atoms with E-state index >= 15 is 0 Å². The summed E-state index contributed by atoms with van der Waals surface area (Å²) in [5.41, 5.74) is 0. The molecule has 0 radical (unpaired) electrons. The predicted octanol–water partition coefficient (Wildman–Crippen LogP) is 2.54. The van der Waals surface area contributed by atoms with E-state index in [0.717, 1.165) is 12.8 Å². The zero-order chi connectivity index (χ0) is 6.95. The normalized spacial score (nSPS) is 8.22. The van der Waals surface area contributed by atoms with Crippen molar-refractivity contribution >= 4 is 0 Å². The van der Waals surface area contributed by atoms with Gasteiger partial charge in [-0.25, -0.2) is 4.39 Å². The minimum absolute atomic E-state index is 0.494. The minimum atomic E-state index is -0.494. The molecule has 9 heavy (non-hydrogen) atoms. The highest BCUT2D eigenvalue weighted by Gasteiger charge is 1.79. The maximum Gasteiger partial charge on any atom is 0.150 e. The second-order valence-corrected chi connectivity index (χ2v) is 1.94. The van der Waals surface area contributed by atoms with Crippen molar-refractivity contribution in [1.29, 1.82) is 0 Å². The van der Waals surface area contributed by atoms with Crippen LogP contribution in [0.1, 0.15) is 32.6 Å². The number of unbranched alkanes of at least 4 members (excludes halogenated alkanes) is 3. The maximum absolute atomic E-state index is 11.3. The molecule has 0 atom stereocenters. The summed E-state index contributed by atoms with van der Waals surface area (Å²) in [6.07, 6.45) is 4.39. The second-order valence-electron chi connectivity index (χ2n) is 1.94. The Hall–Kier alpha value is -0.510. The van der Waals surface area contributed by atoms with Crippen molar-refractivity contribution in [3.63, 3.8) is 0 Å². The fourth-order valence-corrected chi connectivity index (χ4v) is 0.599. The number of hydrogen-bond donors (Lipinski definition) is 0. The van der Waals surface area contributed by atoms with Gasteiger partial charge in [-0.15, -0.1) is 5.92 Å². The van der Waals surface area contributed by atoms with E-state index in [9.17, 15) is 4.39 Å².